The van der Waals surface area contributed by atoms with Crippen molar-refractivity contribution in [2.75, 3.05) is 11.1 Å². The van der Waals surface area contributed by atoms with Crippen LogP contribution in [0, 0.1) is 0 Å². The molecule has 9 aromatic rings. The first-order valence-corrected chi connectivity index (χ1v) is 28.9. The number of hydrogen-bond donors (Lipinski definition) is 2. The molecule has 0 saturated carbocycles. The van der Waals surface area contributed by atoms with Gasteiger partial charge in [-0.2, -0.15) is 0 Å². The lowest BCUT2D eigenvalue weighted by molar-refractivity contribution is -0.154. The normalized spacial score (nSPS) is 16.6. The molecule has 0 spiro atoms. The molecule has 0 radical (unpaired) electrons. The Morgan fingerprint density at radius 1 is 0.651 bits per heavy atom. The van der Waals surface area contributed by atoms with Crippen molar-refractivity contribution < 1.29 is 33.5 Å². The average Bonchev–Trinajstić information content (AvgIpc) is 3.60. The maximum Gasteiger partial charge on any atom is 0.356 e. The number of esters is 2. The van der Waals surface area contributed by atoms with Crippen LogP contribution in [0.5, 0.6) is 0 Å². The third-order valence-electron chi connectivity index (χ3n) is 14.8. The number of allylic oxidation sites excluding steroid dienone is 2. The van der Waals surface area contributed by atoms with Gasteiger partial charge in [-0.05, 0) is 52.5 Å². The summed E-state index contributed by atoms with van der Waals surface area (Å²) in [5.41, 5.74) is 4.83. The van der Waals surface area contributed by atoms with Crippen LogP contribution in [0.2, 0.25) is 0 Å². The van der Waals surface area contributed by atoms with E-state index in [0.717, 1.165) is 33.4 Å². The second kappa shape index (κ2) is 23.7. The molecular weight excluding hydrogens is 1070 g/mol. The van der Waals surface area contributed by atoms with E-state index in [1.807, 2.05) is 206 Å². The molecule has 3 aliphatic heterocycles. The molecule has 3 aliphatic rings. The van der Waals surface area contributed by atoms with Crippen molar-refractivity contribution in [1.29, 1.82) is 0 Å². The van der Waals surface area contributed by atoms with Crippen LogP contribution in [0.1, 0.15) is 63.2 Å². The monoisotopic (exact) mass is 1130 g/mol. The van der Waals surface area contributed by atoms with Gasteiger partial charge in [-0.15, -0.1) is 23.1 Å². The summed E-state index contributed by atoms with van der Waals surface area (Å²) in [6.07, 6.45) is 2.33. The minimum absolute atomic E-state index is 0.0350. The van der Waals surface area contributed by atoms with Crippen molar-refractivity contribution in [3.8, 4) is 0 Å². The smallest absolute Gasteiger partial charge is 0.356 e. The van der Waals surface area contributed by atoms with Gasteiger partial charge >= 0.3 is 11.9 Å². The van der Waals surface area contributed by atoms with Crippen LogP contribution < -0.4 is 10.6 Å². The van der Waals surface area contributed by atoms with Crippen LogP contribution in [0.25, 0.3) is 0 Å². The van der Waals surface area contributed by atoms with Crippen molar-refractivity contribution in [2.45, 2.75) is 35.6 Å². The van der Waals surface area contributed by atoms with E-state index in [1.54, 1.807) is 24.5 Å². The molecule has 0 aliphatic carbocycles. The van der Waals surface area contributed by atoms with Crippen LogP contribution in [-0.4, -0.2) is 56.5 Å². The summed E-state index contributed by atoms with van der Waals surface area (Å²) in [7, 11) is 0. The van der Waals surface area contributed by atoms with Crippen LogP contribution in [-0.2, 0) is 44.6 Å². The van der Waals surface area contributed by atoms with E-state index >= 15 is 4.79 Å². The van der Waals surface area contributed by atoms with Gasteiger partial charge < -0.3 is 24.9 Å². The minimum Gasteiger partial charge on any atom is -0.448 e. The first-order chi connectivity index (χ1) is 40.7. The topological polar surface area (TPSA) is 149 Å². The summed E-state index contributed by atoms with van der Waals surface area (Å²) in [6.45, 7) is 1.64. The number of cyclic esters (lactones) is 1. The summed E-state index contributed by atoms with van der Waals surface area (Å²) < 4.78 is 12.0. The fourth-order valence-corrected chi connectivity index (χ4v) is 12.9. The van der Waals surface area contributed by atoms with Crippen molar-refractivity contribution in [2.24, 2.45) is 5.16 Å². The largest absolute Gasteiger partial charge is 0.448 e. The second-order valence-corrected chi connectivity index (χ2v) is 21.9. The number of amides is 2. The van der Waals surface area contributed by atoms with Gasteiger partial charge in [0.15, 0.2) is 16.9 Å². The number of thioether (sulfide) groups is 1. The van der Waals surface area contributed by atoms with Crippen molar-refractivity contribution in [3.63, 3.8) is 0 Å². The molecule has 0 unspecified atom stereocenters. The van der Waals surface area contributed by atoms with Gasteiger partial charge in [0.05, 0.1) is 0 Å². The summed E-state index contributed by atoms with van der Waals surface area (Å²) in [4.78, 5) is 71.6. The predicted octanol–water partition coefficient (Wildman–Crippen LogP) is 12.6. The molecule has 14 heteroatoms. The van der Waals surface area contributed by atoms with Gasteiger partial charge in [0.2, 0.25) is 5.60 Å². The number of benzene rings is 8. The lowest BCUT2D eigenvalue weighted by atomic mass is 9.77. The molecule has 0 bridgehead atoms. The Bertz CT molecular complexity index is 3710. The molecular formula is C69H53N5O7S2. The van der Waals surface area contributed by atoms with Crippen LogP contribution >= 0.6 is 23.1 Å². The Hall–Kier alpha value is -9.89. The number of rotatable bonds is 18. The number of nitrogens with zero attached hydrogens (tertiary/aromatic N) is 3. The second-order valence-electron chi connectivity index (χ2n) is 19.9. The number of oxime groups is 1. The SMILES string of the molecule is CC1=C/C(=C\C2=C(C(=O)OC(c3ccccc3)c3ccccc3)N3C(=O)[C@@H](NC(=O)/C(=N\OC(c4ccccc4)(c4ccccc4)c4ccccc4)c4csc(NC(c5ccccc5)(c5ccccc5)c5ccccc5)n4)[C@@H]3SC2)OC1=O. The maximum absolute atomic E-state index is 15.6. The molecule has 1 fully saturated rings. The highest BCUT2D eigenvalue weighted by Crippen LogP contribution is 2.45. The van der Waals surface area contributed by atoms with Gasteiger partial charge in [0.1, 0.15) is 34.1 Å². The van der Waals surface area contributed by atoms with Crippen molar-refractivity contribution in [1.82, 2.24) is 15.2 Å². The molecule has 1 saturated heterocycles. The Labute approximate surface area is 488 Å². The predicted molar refractivity (Wildman–Crippen MR) is 323 cm³/mol. The highest BCUT2D eigenvalue weighted by Gasteiger charge is 2.55. The van der Waals surface area contributed by atoms with E-state index in [2.05, 4.69) is 47.0 Å². The molecule has 12 rings (SSSR count). The molecule has 1 aromatic heterocycles. The number of fused-ring (bicyclic) bond motifs is 1. The Morgan fingerprint density at radius 3 is 1.54 bits per heavy atom. The van der Waals surface area contributed by atoms with E-state index in [4.69, 9.17) is 24.5 Å². The molecule has 8 aromatic carbocycles. The summed E-state index contributed by atoms with van der Waals surface area (Å²) in [5, 5.41) is 13.2. The standard InChI is InChI=1S/C69H53N5O7S2/c1-46-42-56(79-65(46)77)43-49-44-82-64-59(63(76)74(64)60(49)66(78)80-61(47-26-10-2-11-27-47)48-28-12-3-13-29-48)71-62(75)58(73-81-69(53-36-20-7-21-37-53,54-38-22-8-23-39-54)55-40-24-9-25-41-55)57-45-83-67(70-57)72-68(50-30-14-4-15-31-50,51-32-16-5-17-33-51)52-34-18-6-19-35-52/h2-43,45,59,61,64H,44H2,1H3,(H,70,72)(H,71,75)/b56-43+,73-58-/t59-,64+/m1/s1. The maximum atomic E-state index is 15.6. The van der Waals surface area contributed by atoms with E-state index in [1.165, 1.54) is 28.0 Å². The van der Waals surface area contributed by atoms with Gasteiger partial charge in [-0.1, -0.05) is 248 Å². The van der Waals surface area contributed by atoms with Gasteiger partial charge in [0.25, 0.3) is 11.8 Å². The van der Waals surface area contributed by atoms with E-state index < -0.39 is 52.4 Å². The van der Waals surface area contributed by atoms with Crippen LogP contribution in [0.4, 0.5) is 5.13 Å². The zero-order valence-corrected chi connectivity index (χ0v) is 46.4. The lowest BCUT2D eigenvalue weighted by Crippen LogP contribution is -2.71. The number of hydrogen-bond acceptors (Lipinski definition) is 12. The Balaban J connectivity index is 0.944. The zero-order chi connectivity index (χ0) is 56.8. The lowest BCUT2D eigenvalue weighted by Gasteiger charge is -2.49. The number of nitrogens with one attached hydrogen (secondary N) is 2. The molecule has 83 heavy (non-hydrogen) atoms. The number of carbonyl (C=O) groups excluding carboxylic acids is 4. The molecule has 2 N–H and O–H groups in total. The highest BCUT2D eigenvalue weighted by molar-refractivity contribution is 8.00. The van der Waals surface area contributed by atoms with Gasteiger partial charge in [0, 0.05) is 33.4 Å². The quantitative estimate of drug-likeness (QED) is 0.0280. The van der Waals surface area contributed by atoms with Crippen molar-refractivity contribution in [3.05, 3.63) is 333 Å². The number of ether oxygens (including phenoxy) is 2. The molecule has 2 atom stereocenters. The average molecular weight is 1130 g/mol. The third kappa shape index (κ3) is 10.6. The number of carbonyl (C=O) groups is 4. The summed E-state index contributed by atoms with van der Waals surface area (Å²) in [6, 6.07) is 76.9. The first kappa shape index (κ1) is 53.7. The molecule has 12 nitrogen and oxygen atoms in total. The van der Waals surface area contributed by atoms with E-state index in [9.17, 15) is 14.4 Å². The van der Waals surface area contributed by atoms with E-state index in [0.29, 0.717) is 27.4 Å². The highest BCUT2D eigenvalue weighted by atomic mass is 32.2. The first-order valence-electron chi connectivity index (χ1n) is 27.0. The Kier molecular flexibility index (Phi) is 15.3. The molecule has 408 valence electrons. The Morgan fingerprint density at radius 2 is 1.10 bits per heavy atom. The minimum atomic E-state index is -1.40. The van der Waals surface area contributed by atoms with Crippen LogP contribution in [0.3, 0.4) is 0 Å². The number of aromatic nitrogens is 1. The van der Waals surface area contributed by atoms with E-state index in [-0.39, 0.29) is 28.6 Å². The molecule has 4 heterocycles. The number of anilines is 1. The third-order valence-corrected chi connectivity index (χ3v) is 16.9. The van der Waals surface area contributed by atoms with Gasteiger partial charge in [-0.3, -0.25) is 14.5 Å². The number of thiazole rings is 1. The summed E-state index contributed by atoms with van der Waals surface area (Å²) >= 11 is 2.63. The summed E-state index contributed by atoms with van der Waals surface area (Å²) in [5.74, 6) is -2.22. The van der Waals surface area contributed by atoms with Crippen molar-refractivity contribution >= 4 is 57.7 Å². The fraction of sp³-hybridized carbons (Fsp3) is 0.101. The number of β-lactam (4-membered cyclic amide) rings is 1. The molecule has 2 amide bonds. The van der Waals surface area contributed by atoms with Crippen LogP contribution in [0.15, 0.2) is 288 Å². The zero-order valence-electron chi connectivity index (χ0n) is 44.8. The fourth-order valence-electron chi connectivity index (χ4n) is 10.8. The van der Waals surface area contributed by atoms with Gasteiger partial charge in [-0.25, -0.2) is 14.6 Å².